The van der Waals surface area contributed by atoms with Crippen LogP contribution < -0.4 is 15.4 Å². The average molecular weight is 496 g/mol. The molecule has 7 heteroatoms. The number of aryl methyl sites for hydroxylation is 5. The van der Waals surface area contributed by atoms with Crippen LogP contribution in [0.15, 0.2) is 53.7 Å². The van der Waals surface area contributed by atoms with E-state index in [-0.39, 0.29) is 0 Å². The normalized spacial score (nSPS) is 15.8. The van der Waals surface area contributed by atoms with Gasteiger partial charge in [-0.3, -0.25) is 0 Å². The number of hydrogen-bond donors (Lipinski definition) is 2. The number of anilines is 2. The van der Waals surface area contributed by atoms with Crippen molar-refractivity contribution in [2.45, 2.75) is 46.4 Å². The zero-order chi connectivity index (χ0) is 25.0. The van der Waals surface area contributed by atoms with Crippen molar-refractivity contribution in [2.75, 3.05) is 10.6 Å². The van der Waals surface area contributed by atoms with Crippen molar-refractivity contribution < 1.29 is 4.74 Å². The highest BCUT2D eigenvalue weighted by Gasteiger charge is 2.30. The molecule has 0 saturated carbocycles. The van der Waals surface area contributed by atoms with Crippen LogP contribution in [0.2, 0.25) is 5.02 Å². The van der Waals surface area contributed by atoms with Crippen LogP contribution in [0.4, 0.5) is 11.5 Å². The molecule has 3 aromatic carbocycles. The molecule has 0 spiro atoms. The SMILES string of the molecule is CCn1cc(Cl)c2c1NC(Nc1ccc(C#N)cc1)N=C2Oc1c(C)cc2c3c(cc(C)cc13)CC2. The largest absolute Gasteiger partial charge is 0.437 e. The van der Waals surface area contributed by atoms with Crippen LogP contribution in [0.5, 0.6) is 5.75 Å². The van der Waals surface area contributed by atoms with E-state index >= 15 is 0 Å². The Labute approximate surface area is 215 Å². The standard InChI is InChI=1S/C29H26ClN5O/c1-4-35-15-23(30)25-27(35)33-29(32-21-9-5-18(14-31)6-10-21)34-28(25)36-26-17(3)13-20-8-7-19-11-16(2)12-22(26)24(19)20/h5-6,9-13,15,29,32-33H,4,7-8H2,1-3H3. The van der Waals surface area contributed by atoms with Crippen LogP contribution in [0.25, 0.3) is 10.8 Å². The van der Waals surface area contributed by atoms with E-state index in [4.69, 9.17) is 26.6 Å². The lowest BCUT2D eigenvalue weighted by atomic mass is 9.98. The second kappa shape index (κ2) is 8.61. The Bertz CT molecular complexity index is 1580. The summed E-state index contributed by atoms with van der Waals surface area (Å²) in [4.78, 5) is 4.91. The van der Waals surface area contributed by atoms with Crippen LogP contribution in [0, 0.1) is 25.2 Å². The van der Waals surface area contributed by atoms with Crippen molar-refractivity contribution >= 4 is 39.8 Å². The number of aliphatic imine (C=N–C) groups is 1. The van der Waals surface area contributed by atoms with Crippen molar-refractivity contribution in [3.05, 3.63) is 87.1 Å². The fourth-order valence-electron chi connectivity index (χ4n) is 5.35. The van der Waals surface area contributed by atoms with Gasteiger partial charge in [0.2, 0.25) is 5.90 Å². The summed E-state index contributed by atoms with van der Waals surface area (Å²) in [7, 11) is 0. The summed E-state index contributed by atoms with van der Waals surface area (Å²) in [5.74, 6) is 2.16. The number of fused-ring (bicyclic) bond motifs is 1. The molecule has 0 fully saturated rings. The number of nitrogens with one attached hydrogen (secondary N) is 2. The molecular weight excluding hydrogens is 470 g/mol. The Morgan fingerprint density at radius 3 is 2.64 bits per heavy atom. The quantitative estimate of drug-likeness (QED) is 0.336. The zero-order valence-electron chi connectivity index (χ0n) is 20.4. The molecule has 2 N–H and O–H groups in total. The molecule has 2 aliphatic rings. The molecule has 1 atom stereocenters. The van der Waals surface area contributed by atoms with E-state index in [0.29, 0.717) is 16.5 Å². The van der Waals surface area contributed by atoms with Crippen LogP contribution in [0.3, 0.4) is 0 Å². The second-order valence-corrected chi connectivity index (χ2v) is 9.84. The maximum atomic E-state index is 9.11. The average Bonchev–Trinajstić information content (AvgIpc) is 3.42. The number of rotatable bonds is 4. The van der Waals surface area contributed by atoms with Gasteiger partial charge in [-0.25, -0.2) is 4.99 Å². The van der Waals surface area contributed by atoms with Gasteiger partial charge < -0.3 is 19.9 Å². The van der Waals surface area contributed by atoms with E-state index in [1.807, 2.05) is 18.3 Å². The first kappa shape index (κ1) is 22.5. The third-order valence-corrected chi connectivity index (χ3v) is 7.25. The van der Waals surface area contributed by atoms with Crippen molar-refractivity contribution in [3.8, 4) is 11.8 Å². The van der Waals surface area contributed by atoms with Gasteiger partial charge in [0, 0.05) is 23.8 Å². The van der Waals surface area contributed by atoms with Crippen LogP contribution in [0.1, 0.15) is 40.3 Å². The van der Waals surface area contributed by atoms with Gasteiger partial charge in [-0.2, -0.15) is 5.26 Å². The predicted molar refractivity (Wildman–Crippen MR) is 145 cm³/mol. The van der Waals surface area contributed by atoms with Gasteiger partial charge in [-0.1, -0.05) is 29.3 Å². The Balaban J connectivity index is 1.45. The summed E-state index contributed by atoms with van der Waals surface area (Å²) in [6.45, 7) is 7.05. The first-order chi connectivity index (χ1) is 17.4. The van der Waals surface area contributed by atoms with E-state index < -0.39 is 6.29 Å². The van der Waals surface area contributed by atoms with Crippen molar-refractivity contribution in [1.29, 1.82) is 5.26 Å². The highest BCUT2D eigenvalue weighted by molar-refractivity contribution is 6.35. The molecule has 0 amide bonds. The highest BCUT2D eigenvalue weighted by Crippen LogP contribution is 2.41. The summed E-state index contributed by atoms with van der Waals surface area (Å²) in [6.07, 6.45) is 3.56. The number of nitriles is 1. The van der Waals surface area contributed by atoms with E-state index in [0.717, 1.165) is 53.2 Å². The van der Waals surface area contributed by atoms with Crippen molar-refractivity contribution in [3.63, 3.8) is 0 Å². The molecule has 6 rings (SSSR count). The van der Waals surface area contributed by atoms with E-state index in [2.05, 4.69) is 60.2 Å². The number of nitrogens with zero attached hydrogens (tertiary/aromatic N) is 3. The molecule has 1 aliphatic carbocycles. The molecule has 1 aromatic heterocycles. The molecule has 36 heavy (non-hydrogen) atoms. The first-order valence-corrected chi connectivity index (χ1v) is 12.6. The molecule has 180 valence electrons. The van der Waals surface area contributed by atoms with Gasteiger partial charge in [0.15, 0.2) is 6.29 Å². The number of benzene rings is 3. The van der Waals surface area contributed by atoms with Crippen LogP contribution in [-0.4, -0.2) is 16.8 Å². The monoisotopic (exact) mass is 495 g/mol. The van der Waals surface area contributed by atoms with Crippen molar-refractivity contribution in [1.82, 2.24) is 4.57 Å². The zero-order valence-corrected chi connectivity index (χ0v) is 21.2. The number of hydrogen-bond acceptors (Lipinski definition) is 5. The Morgan fingerprint density at radius 1 is 1.17 bits per heavy atom. The predicted octanol–water partition coefficient (Wildman–Crippen LogP) is 6.55. The lowest BCUT2D eigenvalue weighted by Gasteiger charge is -2.27. The lowest BCUT2D eigenvalue weighted by molar-refractivity contribution is 0.542. The number of halogens is 1. The van der Waals surface area contributed by atoms with E-state index in [1.54, 1.807) is 12.1 Å². The summed E-state index contributed by atoms with van der Waals surface area (Å²) in [5, 5.41) is 19.0. The maximum Gasteiger partial charge on any atom is 0.230 e. The Morgan fingerprint density at radius 2 is 1.92 bits per heavy atom. The topological polar surface area (TPSA) is 74.4 Å². The molecule has 0 bridgehead atoms. The molecular formula is C29H26ClN5O. The molecule has 0 saturated heterocycles. The summed E-state index contributed by atoms with van der Waals surface area (Å²) >= 11 is 6.71. The fourth-order valence-corrected chi connectivity index (χ4v) is 5.63. The molecule has 2 heterocycles. The van der Waals surface area contributed by atoms with E-state index in [1.165, 1.54) is 22.1 Å². The summed E-state index contributed by atoms with van der Waals surface area (Å²) < 4.78 is 8.75. The minimum atomic E-state index is -0.476. The Hall–Kier alpha value is -3.95. The maximum absolute atomic E-state index is 9.11. The Kier molecular flexibility index (Phi) is 5.39. The smallest absolute Gasteiger partial charge is 0.230 e. The molecule has 1 aliphatic heterocycles. The third kappa shape index (κ3) is 3.68. The number of ether oxygens (including phenoxy) is 1. The third-order valence-electron chi connectivity index (χ3n) is 6.97. The molecule has 1 unspecified atom stereocenters. The van der Waals surface area contributed by atoms with Gasteiger partial charge in [-0.15, -0.1) is 0 Å². The van der Waals surface area contributed by atoms with Crippen LogP contribution >= 0.6 is 11.6 Å². The van der Waals surface area contributed by atoms with Gasteiger partial charge in [0.25, 0.3) is 0 Å². The van der Waals surface area contributed by atoms with Gasteiger partial charge in [0.1, 0.15) is 11.6 Å². The minimum absolute atomic E-state index is 0.476. The molecule has 4 aromatic rings. The lowest BCUT2D eigenvalue weighted by Crippen LogP contribution is -2.35. The fraction of sp³-hybridized carbons (Fsp3) is 0.241. The molecule has 0 radical (unpaired) electrons. The minimum Gasteiger partial charge on any atom is -0.437 e. The first-order valence-electron chi connectivity index (χ1n) is 12.2. The second-order valence-electron chi connectivity index (χ2n) is 9.43. The van der Waals surface area contributed by atoms with E-state index in [9.17, 15) is 0 Å². The van der Waals surface area contributed by atoms with Gasteiger partial charge >= 0.3 is 0 Å². The van der Waals surface area contributed by atoms with Crippen molar-refractivity contribution in [2.24, 2.45) is 4.99 Å². The van der Waals surface area contributed by atoms with Gasteiger partial charge in [0.05, 0.1) is 22.2 Å². The summed E-state index contributed by atoms with van der Waals surface area (Å²) in [5.41, 5.74) is 7.29. The summed E-state index contributed by atoms with van der Waals surface area (Å²) in [6, 6.07) is 16.2. The number of aromatic nitrogens is 1. The van der Waals surface area contributed by atoms with Crippen LogP contribution in [-0.2, 0) is 19.4 Å². The van der Waals surface area contributed by atoms with Gasteiger partial charge in [-0.05, 0) is 86.0 Å². The molecule has 6 nitrogen and oxygen atoms in total. The highest BCUT2D eigenvalue weighted by atomic mass is 35.5.